The summed E-state index contributed by atoms with van der Waals surface area (Å²) in [5.41, 5.74) is 8.36. The number of fused-ring (bicyclic) bond motifs is 2. The van der Waals surface area contributed by atoms with Crippen molar-refractivity contribution in [2.45, 2.75) is 77.0 Å². The van der Waals surface area contributed by atoms with E-state index < -0.39 is 20.2 Å². The van der Waals surface area contributed by atoms with Crippen LogP contribution >= 0.6 is 11.6 Å². The first kappa shape index (κ1) is 39.8. The molecule has 0 unspecified atom stereocenters. The van der Waals surface area contributed by atoms with Gasteiger partial charge in [0.1, 0.15) is 6.54 Å². The van der Waals surface area contributed by atoms with Gasteiger partial charge in [-0.3, -0.25) is 4.55 Å². The van der Waals surface area contributed by atoms with Gasteiger partial charge >= 0.3 is 0 Å². The minimum absolute atomic E-state index is 0. The van der Waals surface area contributed by atoms with Gasteiger partial charge in [-0.15, -0.1) is 0 Å². The van der Waals surface area contributed by atoms with Gasteiger partial charge in [0.2, 0.25) is 5.69 Å². The monoisotopic (exact) mass is 735 g/mol. The number of para-hydroxylation sites is 2. The summed E-state index contributed by atoms with van der Waals surface area (Å²) in [6, 6.07) is 16.5. The van der Waals surface area contributed by atoms with E-state index in [1.54, 1.807) is 0 Å². The quantitative estimate of drug-likeness (QED) is 0.101. The average Bonchev–Trinajstić information content (AvgIpc) is 3.54. The van der Waals surface area contributed by atoms with E-state index >= 15 is 0 Å². The summed E-state index contributed by atoms with van der Waals surface area (Å²) >= 11 is 7.03. The minimum atomic E-state index is -4.24. The molecule has 0 bridgehead atoms. The maximum atomic E-state index is 11.3. The maximum Gasteiger partial charge on any atom is 0.264 e. The Morgan fingerprint density at radius 1 is 0.857 bits per heavy atom. The molecular formula is C37H45ClN2NaO6S2. The zero-order valence-corrected chi connectivity index (χ0v) is 33.5. The molecule has 2 aromatic rings. The summed E-state index contributed by atoms with van der Waals surface area (Å²) in [7, 11) is -8.24. The Morgan fingerprint density at radius 3 is 2.20 bits per heavy atom. The van der Waals surface area contributed by atoms with Crippen molar-refractivity contribution < 1.29 is 30.5 Å². The molecule has 0 fully saturated rings. The van der Waals surface area contributed by atoms with Crippen LogP contribution in [0.4, 0.5) is 11.4 Å². The van der Waals surface area contributed by atoms with E-state index in [1.165, 1.54) is 11.1 Å². The molecule has 0 spiro atoms. The third-order valence-corrected chi connectivity index (χ3v) is 11.8. The van der Waals surface area contributed by atoms with Crippen molar-refractivity contribution in [3.05, 3.63) is 106 Å². The molecule has 1 aliphatic carbocycles. The third kappa shape index (κ3) is 9.08. The predicted octanol–water partition coefficient (Wildman–Crippen LogP) is 7.13. The average molecular weight is 736 g/mol. The molecule has 12 heteroatoms. The SMILES string of the molecule is CC1(C)C(/C=C/C2=C(Cl)C(=C\C=C3\N(CCCCS(=O)(=O)[O-])c4ccccc4C3(C)C)/CC2)=[N+](CCCCS(=O)(=O)O)c2ccccc21.[Na]. The smallest absolute Gasteiger partial charge is 0.264 e. The number of allylic oxidation sites excluding steroid dienone is 8. The molecule has 2 aliphatic heterocycles. The molecule has 1 radical (unpaired) electrons. The van der Waals surface area contributed by atoms with Gasteiger partial charge in [0.15, 0.2) is 5.71 Å². The van der Waals surface area contributed by atoms with Crippen molar-refractivity contribution in [1.82, 2.24) is 0 Å². The van der Waals surface area contributed by atoms with Crippen LogP contribution in [0.2, 0.25) is 0 Å². The fraction of sp³-hybridized carbons (Fsp3) is 0.432. The van der Waals surface area contributed by atoms with E-state index in [-0.39, 0.29) is 51.9 Å². The molecule has 3 aliphatic rings. The Hall–Kier alpha value is -2.02. The molecule has 49 heavy (non-hydrogen) atoms. The van der Waals surface area contributed by atoms with E-state index in [9.17, 15) is 25.9 Å². The standard InChI is InChI=1S/C37H45ClN2O6S2.Na/c1-36(2)29-13-5-7-15-31(29)39(23-9-11-25-47(41,42)43)33(36)21-19-27-17-18-28(35(27)38)20-22-34-37(3,4)30-14-6-8-16-32(30)40(34)24-10-12-26-48(44,45)46;/h5-8,13-16,19-22H,9-12,17-18,23-26H2,1-4H3,(H-,41,42,43,44,45,46);. The van der Waals surface area contributed by atoms with Gasteiger partial charge in [0, 0.05) is 87.8 Å². The second-order valence-electron chi connectivity index (χ2n) is 13.9. The number of halogens is 1. The normalized spacial score (nSPS) is 20.1. The molecule has 0 atom stereocenters. The Morgan fingerprint density at radius 2 is 1.51 bits per heavy atom. The van der Waals surface area contributed by atoms with Crippen LogP contribution in [0.15, 0.2) is 94.7 Å². The first-order valence-electron chi connectivity index (χ1n) is 16.5. The summed E-state index contributed by atoms with van der Waals surface area (Å²) in [6.45, 7) is 9.99. The Balaban J connectivity index is 0.00000541. The molecule has 5 rings (SSSR count). The molecule has 0 saturated carbocycles. The predicted molar refractivity (Wildman–Crippen MR) is 199 cm³/mol. The van der Waals surface area contributed by atoms with Gasteiger partial charge in [-0.1, -0.05) is 74.0 Å². The van der Waals surface area contributed by atoms with Crippen LogP contribution in [0.25, 0.3) is 0 Å². The summed E-state index contributed by atoms with van der Waals surface area (Å²) in [4.78, 5) is 2.23. The second kappa shape index (κ2) is 15.7. The molecule has 0 amide bonds. The van der Waals surface area contributed by atoms with Crippen molar-refractivity contribution in [3.8, 4) is 0 Å². The van der Waals surface area contributed by atoms with Crippen molar-refractivity contribution in [2.75, 3.05) is 29.5 Å². The van der Waals surface area contributed by atoms with Gasteiger partial charge in [-0.25, -0.2) is 8.42 Å². The zero-order valence-electron chi connectivity index (χ0n) is 29.1. The van der Waals surface area contributed by atoms with E-state index in [1.807, 2.05) is 24.3 Å². The van der Waals surface area contributed by atoms with E-state index in [4.69, 9.17) is 11.6 Å². The number of nitrogens with zero attached hydrogens (tertiary/aromatic N) is 2. The summed E-state index contributed by atoms with van der Waals surface area (Å²) in [6.07, 6.45) is 12.0. The number of hydrogen-bond acceptors (Lipinski definition) is 6. The number of benzene rings is 2. The fourth-order valence-corrected chi connectivity index (χ4v) is 8.68. The number of unbranched alkanes of at least 4 members (excludes halogenated alkanes) is 2. The molecule has 259 valence electrons. The second-order valence-corrected chi connectivity index (χ2v) is 17.3. The van der Waals surface area contributed by atoms with E-state index in [0.717, 1.165) is 51.8 Å². The van der Waals surface area contributed by atoms with Crippen molar-refractivity contribution in [2.24, 2.45) is 0 Å². The van der Waals surface area contributed by atoms with Crippen molar-refractivity contribution in [1.29, 1.82) is 0 Å². The van der Waals surface area contributed by atoms with Crippen LogP contribution < -0.4 is 4.90 Å². The molecule has 0 aromatic heterocycles. The number of anilines is 1. The Kier molecular flexibility index (Phi) is 12.7. The van der Waals surface area contributed by atoms with Crippen LogP contribution in [0.3, 0.4) is 0 Å². The number of hydrogen-bond donors (Lipinski definition) is 1. The van der Waals surface area contributed by atoms with E-state index in [2.05, 4.69) is 85.7 Å². The van der Waals surface area contributed by atoms with Crippen LogP contribution in [0.1, 0.15) is 77.3 Å². The van der Waals surface area contributed by atoms with Crippen LogP contribution in [0, 0.1) is 0 Å². The van der Waals surface area contributed by atoms with Gasteiger partial charge in [-0.05, 0) is 74.8 Å². The van der Waals surface area contributed by atoms with Gasteiger partial charge in [0.25, 0.3) is 10.1 Å². The Labute approximate surface area is 319 Å². The molecule has 2 heterocycles. The van der Waals surface area contributed by atoms with Crippen molar-refractivity contribution in [3.63, 3.8) is 0 Å². The summed E-state index contributed by atoms with van der Waals surface area (Å²) in [5.74, 6) is -0.614. The zero-order chi connectivity index (χ0) is 34.9. The first-order chi connectivity index (χ1) is 22.5. The van der Waals surface area contributed by atoms with Crippen molar-refractivity contribution >= 4 is 78.5 Å². The van der Waals surface area contributed by atoms with E-state index in [0.29, 0.717) is 38.8 Å². The van der Waals surface area contributed by atoms with Crippen LogP contribution in [-0.2, 0) is 31.1 Å². The summed E-state index contributed by atoms with van der Waals surface area (Å²) < 4.78 is 67.5. The molecule has 1 N–H and O–H groups in total. The molecule has 8 nitrogen and oxygen atoms in total. The molecular weight excluding hydrogens is 691 g/mol. The number of rotatable bonds is 13. The maximum absolute atomic E-state index is 11.3. The van der Waals surface area contributed by atoms with Crippen LogP contribution in [-0.4, -0.2) is 90.4 Å². The van der Waals surface area contributed by atoms with Crippen LogP contribution in [0.5, 0.6) is 0 Å². The Bertz CT molecular complexity index is 1960. The fourth-order valence-electron chi connectivity index (χ4n) is 7.23. The topological polar surface area (TPSA) is 118 Å². The largest absolute Gasteiger partial charge is 0.748 e. The molecule has 0 saturated heterocycles. The third-order valence-electron chi connectivity index (χ3n) is 9.77. The van der Waals surface area contributed by atoms with Gasteiger partial charge in [0.05, 0.1) is 21.3 Å². The van der Waals surface area contributed by atoms with Gasteiger partial charge in [-0.2, -0.15) is 13.0 Å². The first-order valence-corrected chi connectivity index (χ1v) is 20.1. The van der Waals surface area contributed by atoms with Gasteiger partial charge < -0.3 is 9.45 Å². The minimum Gasteiger partial charge on any atom is -0.748 e. The molecule has 2 aromatic carbocycles. The summed E-state index contributed by atoms with van der Waals surface area (Å²) in [5, 5.41) is 0.734.